The lowest BCUT2D eigenvalue weighted by Gasteiger charge is -2.23. The molecule has 0 bridgehead atoms. The van der Waals surface area contributed by atoms with Crippen LogP contribution < -0.4 is 0 Å². The molecule has 0 amide bonds. The third-order valence-corrected chi connectivity index (χ3v) is 6.29. The van der Waals surface area contributed by atoms with E-state index in [0.717, 1.165) is 10.3 Å². The molecule has 1 atom stereocenters. The van der Waals surface area contributed by atoms with E-state index < -0.39 is 0 Å². The summed E-state index contributed by atoms with van der Waals surface area (Å²) in [5.41, 5.74) is 0. The standard InChI is InChI=1S/C13H18BrClS/c14-13(11-8-9-12(15)16-11)10-6-4-2-1-3-5-7-10/h8-10,13H,1-7H2. The van der Waals surface area contributed by atoms with Crippen molar-refractivity contribution in [2.75, 3.05) is 0 Å². The van der Waals surface area contributed by atoms with Crippen molar-refractivity contribution in [3.8, 4) is 0 Å². The number of alkyl halides is 1. The molecule has 3 heteroatoms. The van der Waals surface area contributed by atoms with Gasteiger partial charge >= 0.3 is 0 Å². The highest BCUT2D eigenvalue weighted by atomic mass is 79.9. The Morgan fingerprint density at radius 1 is 1.12 bits per heavy atom. The minimum absolute atomic E-state index is 0.517. The summed E-state index contributed by atoms with van der Waals surface area (Å²) >= 11 is 11.6. The van der Waals surface area contributed by atoms with Crippen LogP contribution in [0.25, 0.3) is 0 Å². The average molecular weight is 322 g/mol. The molecular formula is C13H18BrClS. The van der Waals surface area contributed by atoms with Gasteiger partial charge in [0.2, 0.25) is 0 Å². The highest BCUT2D eigenvalue weighted by Gasteiger charge is 2.22. The van der Waals surface area contributed by atoms with Gasteiger partial charge in [-0.3, -0.25) is 0 Å². The third-order valence-electron chi connectivity index (χ3n) is 3.43. The highest BCUT2D eigenvalue weighted by Crippen LogP contribution is 2.42. The van der Waals surface area contributed by atoms with Crippen LogP contribution in [0.2, 0.25) is 4.34 Å². The van der Waals surface area contributed by atoms with Gasteiger partial charge in [0.15, 0.2) is 0 Å². The number of thiophene rings is 1. The van der Waals surface area contributed by atoms with Gasteiger partial charge in [-0.15, -0.1) is 11.3 Å². The molecule has 90 valence electrons. The van der Waals surface area contributed by atoms with Crippen molar-refractivity contribution in [3.05, 3.63) is 21.3 Å². The second-order valence-corrected chi connectivity index (χ2v) is 7.38. The van der Waals surface area contributed by atoms with Gasteiger partial charge in [-0.05, 0) is 30.9 Å². The summed E-state index contributed by atoms with van der Waals surface area (Å²) in [6.45, 7) is 0. The maximum atomic E-state index is 6.00. The topological polar surface area (TPSA) is 0 Å². The fourth-order valence-corrected chi connectivity index (χ4v) is 4.58. The fraction of sp³-hybridized carbons (Fsp3) is 0.692. The van der Waals surface area contributed by atoms with Gasteiger partial charge in [0.25, 0.3) is 0 Å². The van der Waals surface area contributed by atoms with Crippen LogP contribution in [-0.2, 0) is 0 Å². The maximum Gasteiger partial charge on any atom is 0.0931 e. The van der Waals surface area contributed by atoms with Crippen LogP contribution in [-0.4, -0.2) is 0 Å². The van der Waals surface area contributed by atoms with Crippen molar-refractivity contribution >= 4 is 38.9 Å². The molecule has 1 saturated carbocycles. The van der Waals surface area contributed by atoms with Crippen LogP contribution in [0.3, 0.4) is 0 Å². The zero-order chi connectivity index (χ0) is 11.4. The van der Waals surface area contributed by atoms with Gasteiger partial charge in [-0.1, -0.05) is 59.6 Å². The van der Waals surface area contributed by atoms with Crippen molar-refractivity contribution < 1.29 is 0 Å². The third kappa shape index (κ3) is 3.48. The van der Waals surface area contributed by atoms with E-state index in [2.05, 4.69) is 22.0 Å². The zero-order valence-electron chi connectivity index (χ0n) is 9.42. The highest BCUT2D eigenvalue weighted by molar-refractivity contribution is 9.09. The largest absolute Gasteiger partial charge is 0.127 e. The van der Waals surface area contributed by atoms with E-state index in [1.54, 1.807) is 11.3 Å². The molecule has 1 heterocycles. The molecule has 1 aliphatic carbocycles. The SMILES string of the molecule is Clc1ccc(C(Br)C2CCCCCCC2)s1. The summed E-state index contributed by atoms with van der Waals surface area (Å²) in [5, 5.41) is 0. The van der Waals surface area contributed by atoms with Crippen molar-refractivity contribution in [1.82, 2.24) is 0 Å². The predicted molar refractivity (Wildman–Crippen MR) is 76.8 cm³/mol. The van der Waals surface area contributed by atoms with E-state index in [0.29, 0.717) is 4.83 Å². The smallest absolute Gasteiger partial charge is 0.0931 e. The van der Waals surface area contributed by atoms with E-state index in [4.69, 9.17) is 11.6 Å². The zero-order valence-corrected chi connectivity index (χ0v) is 12.6. The summed E-state index contributed by atoms with van der Waals surface area (Å²) < 4.78 is 0.908. The Balaban J connectivity index is 1.98. The number of hydrogen-bond donors (Lipinski definition) is 0. The first-order valence-electron chi connectivity index (χ1n) is 6.16. The first-order valence-corrected chi connectivity index (χ1v) is 8.27. The predicted octanol–water partition coefficient (Wildman–Crippen LogP) is 6.20. The Kier molecular flexibility index (Phi) is 5.18. The molecule has 1 unspecified atom stereocenters. The van der Waals surface area contributed by atoms with E-state index >= 15 is 0 Å². The molecule has 1 aliphatic rings. The van der Waals surface area contributed by atoms with E-state index in [9.17, 15) is 0 Å². The normalized spacial score (nSPS) is 21.4. The monoisotopic (exact) mass is 320 g/mol. The van der Waals surface area contributed by atoms with Crippen LogP contribution in [0.15, 0.2) is 12.1 Å². The Bertz CT molecular complexity index is 315. The Hall–Kier alpha value is 0.470. The first-order chi connectivity index (χ1) is 7.77. The minimum Gasteiger partial charge on any atom is -0.127 e. The summed E-state index contributed by atoms with van der Waals surface area (Å²) in [4.78, 5) is 1.92. The van der Waals surface area contributed by atoms with Crippen LogP contribution in [0.5, 0.6) is 0 Å². The van der Waals surface area contributed by atoms with Crippen LogP contribution in [0.4, 0.5) is 0 Å². The molecule has 1 aromatic rings. The van der Waals surface area contributed by atoms with Crippen LogP contribution in [0, 0.1) is 5.92 Å². The first kappa shape index (κ1) is 12.9. The van der Waals surface area contributed by atoms with Gasteiger partial charge in [0, 0.05) is 4.88 Å². The molecule has 0 spiro atoms. The molecule has 0 aliphatic heterocycles. The second kappa shape index (κ2) is 6.42. The summed E-state index contributed by atoms with van der Waals surface area (Å²) in [7, 11) is 0. The molecule has 16 heavy (non-hydrogen) atoms. The van der Waals surface area contributed by atoms with Crippen LogP contribution >= 0.6 is 38.9 Å². The van der Waals surface area contributed by atoms with Crippen molar-refractivity contribution in [2.45, 2.75) is 49.8 Å². The van der Waals surface area contributed by atoms with Gasteiger partial charge in [-0.2, -0.15) is 0 Å². The maximum absolute atomic E-state index is 6.00. The van der Waals surface area contributed by atoms with Gasteiger partial charge < -0.3 is 0 Å². The van der Waals surface area contributed by atoms with Gasteiger partial charge in [0.1, 0.15) is 0 Å². The number of halogens is 2. The molecule has 0 nitrogen and oxygen atoms in total. The number of rotatable bonds is 2. The molecule has 0 saturated heterocycles. The molecule has 2 rings (SSSR count). The molecule has 1 fully saturated rings. The fourth-order valence-electron chi connectivity index (χ4n) is 2.49. The summed E-state index contributed by atoms with van der Waals surface area (Å²) in [6.07, 6.45) is 9.79. The van der Waals surface area contributed by atoms with E-state index in [1.807, 2.05) is 6.07 Å². The van der Waals surface area contributed by atoms with E-state index in [1.165, 1.54) is 49.8 Å². The van der Waals surface area contributed by atoms with E-state index in [-0.39, 0.29) is 0 Å². The molecule has 0 aromatic carbocycles. The summed E-state index contributed by atoms with van der Waals surface area (Å²) in [6, 6.07) is 4.18. The Morgan fingerprint density at radius 2 is 1.75 bits per heavy atom. The lowest BCUT2D eigenvalue weighted by atomic mass is 9.88. The lowest BCUT2D eigenvalue weighted by Crippen LogP contribution is -2.09. The average Bonchev–Trinajstić information content (AvgIpc) is 2.63. The van der Waals surface area contributed by atoms with Crippen molar-refractivity contribution in [1.29, 1.82) is 0 Å². The summed E-state index contributed by atoms with van der Waals surface area (Å²) in [5.74, 6) is 0.801. The van der Waals surface area contributed by atoms with Crippen molar-refractivity contribution in [2.24, 2.45) is 5.92 Å². The minimum atomic E-state index is 0.517. The van der Waals surface area contributed by atoms with Gasteiger partial charge in [-0.25, -0.2) is 0 Å². The molecule has 0 N–H and O–H groups in total. The molecule has 1 aromatic heterocycles. The van der Waals surface area contributed by atoms with Crippen molar-refractivity contribution in [3.63, 3.8) is 0 Å². The Morgan fingerprint density at radius 3 is 2.31 bits per heavy atom. The quantitative estimate of drug-likeness (QED) is 0.569. The Labute approximate surface area is 116 Å². The molecular weight excluding hydrogens is 304 g/mol. The van der Waals surface area contributed by atoms with Gasteiger partial charge in [0.05, 0.1) is 9.16 Å². The lowest BCUT2D eigenvalue weighted by molar-refractivity contribution is 0.376. The van der Waals surface area contributed by atoms with Crippen LogP contribution in [0.1, 0.15) is 54.7 Å². The second-order valence-electron chi connectivity index (χ2n) is 4.65. The number of hydrogen-bond acceptors (Lipinski definition) is 1. The molecule has 0 radical (unpaired) electrons.